The van der Waals surface area contributed by atoms with E-state index < -0.39 is 5.41 Å². The van der Waals surface area contributed by atoms with E-state index in [0.717, 1.165) is 37.7 Å². The standard InChI is InChI=1S/C24H26N4O4/c1-2-28-21(29)17-8-4-5-9-18(17)25-23(28)27-26-22(30)24(12-6-3-7-13-24)16-10-11-19-20(14-16)32-15-31-19/h4-5,8-11,14H,2-3,6-7,12-13,15H2,1H3,(H,25,27)(H,26,30). The molecule has 1 aromatic heterocycles. The van der Waals surface area contributed by atoms with Crippen LogP contribution in [0.15, 0.2) is 47.3 Å². The Morgan fingerprint density at radius 2 is 1.88 bits per heavy atom. The molecule has 166 valence electrons. The summed E-state index contributed by atoms with van der Waals surface area (Å²) in [5.74, 6) is 1.55. The largest absolute Gasteiger partial charge is 0.454 e. The normalized spacial score (nSPS) is 16.7. The third kappa shape index (κ3) is 3.36. The van der Waals surface area contributed by atoms with E-state index in [1.165, 1.54) is 4.57 Å². The molecule has 2 heterocycles. The lowest BCUT2D eigenvalue weighted by Crippen LogP contribution is -2.48. The minimum absolute atomic E-state index is 0.138. The summed E-state index contributed by atoms with van der Waals surface area (Å²) in [6.45, 7) is 2.50. The molecule has 1 aliphatic heterocycles. The molecule has 1 fully saturated rings. The first-order valence-electron chi connectivity index (χ1n) is 11.1. The Morgan fingerprint density at radius 3 is 2.69 bits per heavy atom. The second kappa shape index (κ2) is 8.18. The van der Waals surface area contributed by atoms with Crippen LogP contribution in [0.2, 0.25) is 0 Å². The number of ether oxygens (including phenoxy) is 2. The number of anilines is 1. The van der Waals surface area contributed by atoms with Crippen LogP contribution in [-0.2, 0) is 16.8 Å². The van der Waals surface area contributed by atoms with E-state index in [-0.39, 0.29) is 18.3 Å². The van der Waals surface area contributed by atoms with Crippen LogP contribution in [0, 0.1) is 0 Å². The highest BCUT2D eigenvalue weighted by atomic mass is 16.7. The van der Waals surface area contributed by atoms with Gasteiger partial charge >= 0.3 is 0 Å². The molecule has 0 atom stereocenters. The van der Waals surface area contributed by atoms with E-state index in [1.807, 2.05) is 37.3 Å². The van der Waals surface area contributed by atoms with Crippen molar-refractivity contribution in [1.29, 1.82) is 0 Å². The molecular weight excluding hydrogens is 408 g/mol. The zero-order chi connectivity index (χ0) is 22.1. The van der Waals surface area contributed by atoms with Crippen molar-refractivity contribution in [3.8, 4) is 11.5 Å². The van der Waals surface area contributed by atoms with Crippen molar-refractivity contribution in [2.75, 3.05) is 12.2 Å². The van der Waals surface area contributed by atoms with Gasteiger partial charge in [-0.3, -0.25) is 25.0 Å². The van der Waals surface area contributed by atoms with Gasteiger partial charge in [-0.15, -0.1) is 0 Å². The summed E-state index contributed by atoms with van der Waals surface area (Å²) in [6, 6.07) is 12.9. The van der Waals surface area contributed by atoms with E-state index in [1.54, 1.807) is 12.1 Å². The second-order valence-electron chi connectivity index (χ2n) is 8.29. The van der Waals surface area contributed by atoms with Crippen LogP contribution in [0.1, 0.15) is 44.6 Å². The molecule has 3 aromatic rings. The van der Waals surface area contributed by atoms with E-state index >= 15 is 0 Å². The third-order valence-corrected chi connectivity index (χ3v) is 6.53. The number of hydrogen-bond acceptors (Lipinski definition) is 6. The SMILES string of the molecule is CCn1c(NNC(=O)C2(c3ccc4c(c3)OCO4)CCCCC2)nc2ccccc2c1=O. The topological polar surface area (TPSA) is 94.5 Å². The molecule has 2 aromatic carbocycles. The Hall–Kier alpha value is -3.55. The Morgan fingerprint density at radius 1 is 1.09 bits per heavy atom. The van der Waals surface area contributed by atoms with Crippen molar-refractivity contribution in [1.82, 2.24) is 15.0 Å². The molecular formula is C24H26N4O4. The maximum atomic E-state index is 13.6. The number of aromatic nitrogens is 2. The summed E-state index contributed by atoms with van der Waals surface area (Å²) in [5, 5.41) is 0.551. The van der Waals surface area contributed by atoms with Crippen molar-refractivity contribution >= 4 is 22.8 Å². The van der Waals surface area contributed by atoms with Crippen LogP contribution in [0.3, 0.4) is 0 Å². The Bertz CT molecular complexity index is 1230. The van der Waals surface area contributed by atoms with Crippen LogP contribution < -0.4 is 25.9 Å². The fourth-order valence-electron chi connectivity index (χ4n) is 4.79. The molecule has 1 aliphatic carbocycles. The first-order chi connectivity index (χ1) is 15.6. The van der Waals surface area contributed by atoms with Crippen LogP contribution >= 0.6 is 0 Å². The van der Waals surface area contributed by atoms with Crippen molar-refractivity contribution in [2.24, 2.45) is 0 Å². The van der Waals surface area contributed by atoms with Crippen LogP contribution in [0.5, 0.6) is 11.5 Å². The van der Waals surface area contributed by atoms with Gasteiger partial charge in [0.15, 0.2) is 11.5 Å². The number of rotatable bonds is 5. The van der Waals surface area contributed by atoms with Gasteiger partial charge in [0.25, 0.3) is 5.56 Å². The number of nitrogens with one attached hydrogen (secondary N) is 2. The number of hydrogen-bond donors (Lipinski definition) is 2. The number of amides is 1. The van der Waals surface area contributed by atoms with Gasteiger partial charge in [-0.25, -0.2) is 4.98 Å². The summed E-state index contributed by atoms with van der Waals surface area (Å²) in [6.07, 6.45) is 4.53. The van der Waals surface area contributed by atoms with Gasteiger partial charge in [-0.1, -0.05) is 37.5 Å². The first-order valence-corrected chi connectivity index (χ1v) is 11.1. The molecule has 0 saturated heterocycles. The average molecular weight is 434 g/mol. The van der Waals surface area contributed by atoms with Crippen LogP contribution in [0.4, 0.5) is 5.95 Å². The van der Waals surface area contributed by atoms with E-state index in [0.29, 0.717) is 34.9 Å². The Balaban J connectivity index is 1.46. The second-order valence-corrected chi connectivity index (χ2v) is 8.29. The zero-order valence-corrected chi connectivity index (χ0v) is 18.0. The van der Waals surface area contributed by atoms with Gasteiger partial charge in [0.05, 0.1) is 16.3 Å². The maximum Gasteiger partial charge on any atom is 0.262 e. The van der Waals surface area contributed by atoms with Gasteiger partial charge in [-0.2, -0.15) is 0 Å². The number of fused-ring (bicyclic) bond motifs is 2. The van der Waals surface area contributed by atoms with Crippen molar-refractivity contribution in [3.63, 3.8) is 0 Å². The molecule has 5 rings (SSSR count). The molecule has 8 heteroatoms. The van der Waals surface area contributed by atoms with Crippen LogP contribution in [-0.4, -0.2) is 22.3 Å². The van der Waals surface area contributed by atoms with Crippen molar-refractivity contribution in [3.05, 3.63) is 58.4 Å². The average Bonchev–Trinajstić information content (AvgIpc) is 3.31. The summed E-state index contributed by atoms with van der Waals surface area (Å²) >= 11 is 0. The Labute approximate surface area is 185 Å². The van der Waals surface area contributed by atoms with E-state index in [2.05, 4.69) is 15.8 Å². The van der Waals surface area contributed by atoms with E-state index in [4.69, 9.17) is 9.47 Å². The fraction of sp³-hybridized carbons (Fsp3) is 0.375. The van der Waals surface area contributed by atoms with Gasteiger partial charge in [0.1, 0.15) is 0 Å². The van der Waals surface area contributed by atoms with Gasteiger partial charge in [0, 0.05) is 6.54 Å². The molecule has 2 aliphatic rings. The molecule has 1 amide bonds. The molecule has 1 saturated carbocycles. The number of para-hydroxylation sites is 1. The summed E-state index contributed by atoms with van der Waals surface area (Å²) in [7, 11) is 0. The molecule has 2 N–H and O–H groups in total. The minimum Gasteiger partial charge on any atom is -0.454 e. The van der Waals surface area contributed by atoms with Crippen molar-refractivity contribution in [2.45, 2.75) is 51.0 Å². The molecule has 0 spiro atoms. The highest BCUT2D eigenvalue weighted by Crippen LogP contribution is 2.43. The smallest absolute Gasteiger partial charge is 0.262 e. The maximum absolute atomic E-state index is 13.6. The number of nitrogens with zero attached hydrogens (tertiary/aromatic N) is 2. The number of carbonyl (C=O) groups excluding carboxylic acids is 1. The lowest BCUT2D eigenvalue weighted by Gasteiger charge is -2.36. The summed E-state index contributed by atoms with van der Waals surface area (Å²) in [5.41, 5.74) is 6.48. The predicted octanol–water partition coefficient (Wildman–Crippen LogP) is 3.49. The van der Waals surface area contributed by atoms with Crippen LogP contribution in [0.25, 0.3) is 10.9 Å². The number of benzene rings is 2. The van der Waals surface area contributed by atoms with E-state index in [9.17, 15) is 9.59 Å². The highest BCUT2D eigenvalue weighted by Gasteiger charge is 2.42. The third-order valence-electron chi connectivity index (χ3n) is 6.53. The molecule has 32 heavy (non-hydrogen) atoms. The number of carbonyl (C=O) groups is 1. The molecule has 8 nitrogen and oxygen atoms in total. The van der Waals surface area contributed by atoms with Gasteiger partial charge in [-0.05, 0) is 49.6 Å². The highest BCUT2D eigenvalue weighted by molar-refractivity contribution is 5.89. The first kappa shape index (κ1) is 20.4. The lowest BCUT2D eigenvalue weighted by molar-refractivity contribution is -0.127. The van der Waals surface area contributed by atoms with Gasteiger partial charge in [0.2, 0.25) is 18.6 Å². The zero-order valence-electron chi connectivity index (χ0n) is 18.0. The lowest BCUT2D eigenvalue weighted by atomic mass is 9.69. The summed E-state index contributed by atoms with van der Waals surface area (Å²) < 4.78 is 12.5. The monoisotopic (exact) mass is 434 g/mol. The molecule has 0 unspecified atom stereocenters. The number of hydrazine groups is 1. The quantitative estimate of drug-likeness (QED) is 0.597. The fourth-order valence-corrected chi connectivity index (χ4v) is 4.79. The summed E-state index contributed by atoms with van der Waals surface area (Å²) in [4.78, 5) is 31.0. The Kier molecular flexibility index (Phi) is 5.20. The molecule has 0 bridgehead atoms. The molecule has 0 radical (unpaired) electrons. The predicted molar refractivity (Wildman–Crippen MR) is 121 cm³/mol. The minimum atomic E-state index is -0.680. The van der Waals surface area contributed by atoms with Crippen molar-refractivity contribution < 1.29 is 14.3 Å². The van der Waals surface area contributed by atoms with Gasteiger partial charge < -0.3 is 9.47 Å².